The molecule has 176 valence electrons. The number of H-pyrrole nitrogens is 1. The fourth-order valence-electron chi connectivity index (χ4n) is 4.23. The molecule has 0 saturated carbocycles. The predicted molar refractivity (Wildman–Crippen MR) is 123 cm³/mol. The number of rotatable bonds is 5. The van der Waals surface area contributed by atoms with Crippen molar-refractivity contribution >= 4 is 29.0 Å². The number of halogens is 1. The summed E-state index contributed by atoms with van der Waals surface area (Å²) in [4.78, 5) is 32.7. The number of hydrogen-bond acceptors (Lipinski definition) is 7. The van der Waals surface area contributed by atoms with Crippen LogP contribution in [0.4, 0.5) is 21.6 Å². The average Bonchev–Trinajstić information content (AvgIpc) is 3.22. The molecule has 0 fully saturated rings. The van der Waals surface area contributed by atoms with E-state index in [9.17, 15) is 14.0 Å². The summed E-state index contributed by atoms with van der Waals surface area (Å²) in [5, 5.41) is 11.7. The van der Waals surface area contributed by atoms with Gasteiger partial charge in [-0.3, -0.25) is 9.59 Å². The number of nitrogens with zero attached hydrogens (tertiary/aromatic N) is 1. The van der Waals surface area contributed by atoms with E-state index < -0.39 is 11.9 Å². The summed E-state index contributed by atoms with van der Waals surface area (Å²) < 4.78 is 25.6. The molecule has 2 aromatic heterocycles. The van der Waals surface area contributed by atoms with Crippen molar-refractivity contribution in [3.05, 3.63) is 47.5 Å². The standard InChI is InChI=1S/C23H23FN6O4/c1-25-22(31)15-10-28-21-19(34-15)11(6-8-26-21)17-18(16-13(29-17)7-9-27-23(16)32)30-14-5-3-4-12(24)20(14)33-2/h3-6,8,15,29-30H,7,9-10H2,1-2H3,(H,25,31)(H,26,28)(H,27,32)/t15-/m0/s1. The smallest absolute Gasteiger partial charge is 0.262 e. The zero-order valence-electron chi connectivity index (χ0n) is 18.5. The third kappa shape index (κ3) is 3.54. The molecule has 0 unspecified atom stereocenters. The maximum absolute atomic E-state index is 14.4. The maximum Gasteiger partial charge on any atom is 0.262 e. The van der Waals surface area contributed by atoms with E-state index in [4.69, 9.17) is 9.47 Å². The van der Waals surface area contributed by atoms with Gasteiger partial charge in [0.15, 0.2) is 29.2 Å². The Hall–Kier alpha value is -4.28. The highest BCUT2D eigenvalue weighted by Crippen LogP contribution is 2.44. The molecule has 2 amide bonds. The molecule has 0 aliphatic carbocycles. The number of carbonyl (C=O) groups excluding carboxylic acids is 2. The Kier molecular flexibility index (Phi) is 5.44. The van der Waals surface area contributed by atoms with Crippen molar-refractivity contribution in [2.45, 2.75) is 12.5 Å². The van der Waals surface area contributed by atoms with Gasteiger partial charge in [0.1, 0.15) is 0 Å². The number of anilines is 3. The fraction of sp³-hybridized carbons (Fsp3) is 0.261. The highest BCUT2D eigenvalue weighted by Gasteiger charge is 2.32. The molecule has 1 atom stereocenters. The number of hydrogen-bond donors (Lipinski definition) is 5. The molecule has 1 aromatic carbocycles. The lowest BCUT2D eigenvalue weighted by atomic mass is 10.0. The zero-order chi connectivity index (χ0) is 23.8. The van der Waals surface area contributed by atoms with Gasteiger partial charge in [-0.25, -0.2) is 9.37 Å². The molecule has 3 aromatic rings. The molecule has 0 bridgehead atoms. The van der Waals surface area contributed by atoms with Crippen molar-refractivity contribution in [1.82, 2.24) is 20.6 Å². The first kappa shape index (κ1) is 21.6. The minimum atomic E-state index is -0.756. The van der Waals surface area contributed by atoms with E-state index in [-0.39, 0.29) is 24.1 Å². The number of amides is 2. The molecule has 5 N–H and O–H groups in total. The van der Waals surface area contributed by atoms with Crippen LogP contribution in [0.25, 0.3) is 11.3 Å². The zero-order valence-corrected chi connectivity index (χ0v) is 18.5. The van der Waals surface area contributed by atoms with Gasteiger partial charge >= 0.3 is 0 Å². The van der Waals surface area contributed by atoms with Gasteiger partial charge in [-0.15, -0.1) is 0 Å². The van der Waals surface area contributed by atoms with Crippen molar-refractivity contribution in [2.24, 2.45) is 0 Å². The first-order chi connectivity index (χ1) is 16.5. The average molecular weight is 466 g/mol. The molecule has 2 aliphatic rings. The highest BCUT2D eigenvalue weighted by atomic mass is 19.1. The Morgan fingerprint density at radius 2 is 2.15 bits per heavy atom. The summed E-state index contributed by atoms with van der Waals surface area (Å²) in [5.41, 5.74) is 3.08. The Morgan fingerprint density at radius 1 is 1.29 bits per heavy atom. The number of benzene rings is 1. The topological polar surface area (TPSA) is 129 Å². The molecule has 2 aliphatic heterocycles. The van der Waals surface area contributed by atoms with Crippen LogP contribution in [0.2, 0.25) is 0 Å². The third-order valence-corrected chi connectivity index (χ3v) is 5.82. The molecular weight excluding hydrogens is 443 g/mol. The summed E-state index contributed by atoms with van der Waals surface area (Å²) >= 11 is 0. The molecule has 10 nitrogen and oxygen atoms in total. The number of para-hydroxylation sites is 1. The number of likely N-dealkylation sites (N-methyl/N-ethyl adjacent to an activating group) is 1. The number of carbonyl (C=O) groups is 2. The summed E-state index contributed by atoms with van der Waals surface area (Å²) in [6, 6.07) is 6.24. The Labute approximate surface area is 194 Å². The number of aromatic nitrogens is 2. The molecule has 5 rings (SSSR count). The highest BCUT2D eigenvalue weighted by molar-refractivity contribution is 6.07. The van der Waals surface area contributed by atoms with E-state index in [0.717, 1.165) is 5.69 Å². The number of pyridine rings is 1. The summed E-state index contributed by atoms with van der Waals surface area (Å²) in [7, 11) is 2.92. The van der Waals surface area contributed by atoms with Crippen LogP contribution in [0.3, 0.4) is 0 Å². The number of ether oxygens (including phenoxy) is 2. The number of aromatic amines is 1. The molecule has 11 heteroatoms. The largest absolute Gasteiger partial charge is 0.492 e. The van der Waals surface area contributed by atoms with E-state index in [2.05, 4.69) is 31.2 Å². The second-order valence-electron chi connectivity index (χ2n) is 7.82. The van der Waals surface area contributed by atoms with Gasteiger partial charge in [-0.1, -0.05) is 6.07 Å². The summed E-state index contributed by atoms with van der Waals surface area (Å²) in [6.07, 6.45) is 1.44. The Morgan fingerprint density at radius 3 is 2.94 bits per heavy atom. The quantitative estimate of drug-likeness (QED) is 0.390. The van der Waals surface area contributed by atoms with Crippen LogP contribution in [0.15, 0.2) is 30.5 Å². The molecule has 0 saturated heterocycles. The van der Waals surface area contributed by atoms with Crippen LogP contribution in [0.5, 0.6) is 11.5 Å². The minimum Gasteiger partial charge on any atom is -0.492 e. The number of nitrogens with one attached hydrogen (secondary N) is 5. The lowest BCUT2D eigenvalue weighted by Crippen LogP contribution is -2.43. The van der Waals surface area contributed by atoms with Crippen molar-refractivity contribution < 1.29 is 23.5 Å². The first-order valence-electron chi connectivity index (χ1n) is 10.8. The predicted octanol–water partition coefficient (Wildman–Crippen LogP) is 2.17. The van der Waals surface area contributed by atoms with Gasteiger partial charge < -0.3 is 35.7 Å². The van der Waals surface area contributed by atoms with Gasteiger partial charge in [-0.2, -0.15) is 0 Å². The van der Waals surface area contributed by atoms with E-state index >= 15 is 0 Å². The van der Waals surface area contributed by atoms with Crippen LogP contribution in [-0.4, -0.2) is 55.1 Å². The normalized spacial score (nSPS) is 16.3. The van der Waals surface area contributed by atoms with Gasteiger partial charge in [-0.05, 0) is 18.2 Å². The van der Waals surface area contributed by atoms with Crippen LogP contribution < -0.4 is 30.7 Å². The number of fused-ring (bicyclic) bond motifs is 2. The van der Waals surface area contributed by atoms with Crippen LogP contribution >= 0.6 is 0 Å². The first-order valence-corrected chi connectivity index (χ1v) is 10.8. The summed E-state index contributed by atoms with van der Waals surface area (Å²) in [5.74, 6) is -0.202. The molecule has 34 heavy (non-hydrogen) atoms. The SMILES string of the molecule is CNC(=O)[C@@H]1CNc2nccc(-c3[nH]c4c(c3Nc3cccc(F)c3OC)C(=O)NCC4)c2O1. The molecular formula is C23H23FN6O4. The van der Waals surface area contributed by atoms with Crippen molar-refractivity contribution in [3.63, 3.8) is 0 Å². The maximum atomic E-state index is 14.4. The monoisotopic (exact) mass is 466 g/mol. The van der Waals surface area contributed by atoms with Crippen LogP contribution in [0.1, 0.15) is 16.1 Å². The van der Waals surface area contributed by atoms with Gasteiger partial charge in [0.2, 0.25) is 0 Å². The second-order valence-corrected chi connectivity index (χ2v) is 7.82. The molecule has 0 spiro atoms. The van der Waals surface area contributed by atoms with E-state index in [1.165, 1.54) is 20.2 Å². The summed E-state index contributed by atoms with van der Waals surface area (Å²) in [6.45, 7) is 0.748. The van der Waals surface area contributed by atoms with Crippen molar-refractivity contribution in [1.29, 1.82) is 0 Å². The van der Waals surface area contributed by atoms with Crippen LogP contribution in [-0.2, 0) is 11.2 Å². The van der Waals surface area contributed by atoms with Gasteiger partial charge in [0, 0.05) is 37.5 Å². The van der Waals surface area contributed by atoms with E-state index in [1.807, 2.05) is 0 Å². The van der Waals surface area contributed by atoms with E-state index in [1.54, 1.807) is 24.4 Å². The fourth-order valence-corrected chi connectivity index (χ4v) is 4.23. The van der Waals surface area contributed by atoms with Crippen molar-refractivity contribution in [2.75, 3.05) is 37.9 Å². The van der Waals surface area contributed by atoms with Gasteiger partial charge in [0.05, 0.1) is 36.3 Å². The second kappa shape index (κ2) is 8.58. The molecule has 4 heterocycles. The van der Waals surface area contributed by atoms with Gasteiger partial charge in [0.25, 0.3) is 11.8 Å². The Bertz CT molecular complexity index is 1290. The minimum absolute atomic E-state index is 0.0222. The van der Waals surface area contributed by atoms with E-state index in [0.29, 0.717) is 52.7 Å². The lowest BCUT2D eigenvalue weighted by Gasteiger charge is -2.27. The Balaban J connectivity index is 1.67. The number of methoxy groups -OCH3 is 1. The van der Waals surface area contributed by atoms with Crippen LogP contribution in [0, 0.1) is 5.82 Å². The lowest BCUT2D eigenvalue weighted by molar-refractivity contribution is -0.127. The third-order valence-electron chi connectivity index (χ3n) is 5.82. The molecule has 0 radical (unpaired) electrons. The van der Waals surface area contributed by atoms with Crippen molar-refractivity contribution in [3.8, 4) is 22.8 Å².